The van der Waals surface area contributed by atoms with Gasteiger partial charge in [0.2, 0.25) is 6.61 Å². The molecule has 4 rings (SSSR count). The molecule has 3 aromatic heterocycles. The van der Waals surface area contributed by atoms with E-state index in [1.165, 1.54) is 42.8 Å². The molecule has 3 heterocycles. The first-order valence-corrected chi connectivity index (χ1v) is 12.1. The van der Waals surface area contributed by atoms with Crippen molar-refractivity contribution >= 4 is 38.1 Å². The molecule has 0 amide bonds. The first-order valence-electron chi connectivity index (χ1n) is 10.5. The van der Waals surface area contributed by atoms with Crippen molar-refractivity contribution < 1.29 is 39.6 Å². The van der Waals surface area contributed by atoms with E-state index in [0.29, 0.717) is 22.7 Å². The van der Waals surface area contributed by atoms with E-state index in [-0.39, 0.29) is 33.3 Å². The topological polar surface area (TPSA) is 99.3 Å². The lowest BCUT2D eigenvalue weighted by Gasteiger charge is -2.11. The second kappa shape index (κ2) is 9.28. The van der Waals surface area contributed by atoms with Gasteiger partial charge >= 0.3 is 12.4 Å². The number of benzene rings is 1. The smallest absolute Gasteiger partial charge is 0.386 e. The number of alkyl halides is 6. The normalized spacial score (nSPS) is 13.2. The van der Waals surface area contributed by atoms with E-state index in [4.69, 9.17) is 0 Å². The number of sulfone groups is 1. The van der Waals surface area contributed by atoms with Crippen molar-refractivity contribution in [3.63, 3.8) is 0 Å². The van der Waals surface area contributed by atoms with Gasteiger partial charge in [-0.3, -0.25) is 0 Å². The van der Waals surface area contributed by atoms with Crippen molar-refractivity contribution in [1.29, 1.82) is 0 Å². The standard InChI is InChI=1S/C22H17F6N5O3S/c1-3-37(34,35)17-7-13-6-12(9-30-36-11-21(23,24)25)4-5-15(13)31-18(17)20-32-16-8-14(22(26,27)28)10-29-19(16)33(20)2/h4-10H,3,11H2,1-2H3. The summed E-state index contributed by atoms with van der Waals surface area (Å²) in [4.78, 5) is 16.4. The number of nitrogens with zero attached hydrogens (tertiary/aromatic N) is 5. The Morgan fingerprint density at radius 1 is 1.05 bits per heavy atom. The van der Waals surface area contributed by atoms with E-state index in [0.717, 1.165) is 12.3 Å². The molecule has 0 aliphatic heterocycles. The van der Waals surface area contributed by atoms with Crippen molar-refractivity contribution in [2.24, 2.45) is 12.2 Å². The Morgan fingerprint density at radius 3 is 2.43 bits per heavy atom. The molecule has 0 atom stereocenters. The number of imidazole rings is 1. The molecular weight excluding hydrogens is 528 g/mol. The van der Waals surface area contributed by atoms with Crippen molar-refractivity contribution in [3.8, 4) is 11.5 Å². The maximum Gasteiger partial charge on any atom is 0.425 e. The molecule has 0 fully saturated rings. The molecule has 0 spiro atoms. The third-order valence-corrected chi connectivity index (χ3v) is 7.01. The lowest BCUT2D eigenvalue weighted by atomic mass is 10.1. The summed E-state index contributed by atoms with van der Waals surface area (Å²) in [6, 6.07) is 6.54. The maximum absolute atomic E-state index is 13.1. The summed E-state index contributed by atoms with van der Waals surface area (Å²) in [5, 5.41) is 3.59. The lowest BCUT2D eigenvalue weighted by Crippen LogP contribution is -2.14. The number of aromatic nitrogens is 4. The molecule has 196 valence electrons. The summed E-state index contributed by atoms with van der Waals surface area (Å²) in [5.41, 5.74) is -0.482. The van der Waals surface area contributed by atoms with Gasteiger partial charge in [-0.2, -0.15) is 26.3 Å². The van der Waals surface area contributed by atoms with Crippen LogP contribution in [-0.2, 0) is 27.9 Å². The molecule has 0 N–H and O–H groups in total. The highest BCUT2D eigenvalue weighted by atomic mass is 32.2. The Hall–Kier alpha value is -3.75. The molecule has 0 aliphatic carbocycles. The van der Waals surface area contributed by atoms with Crippen molar-refractivity contribution in [2.45, 2.75) is 24.2 Å². The molecule has 0 saturated carbocycles. The molecule has 1 aromatic carbocycles. The van der Waals surface area contributed by atoms with Crippen molar-refractivity contribution in [2.75, 3.05) is 12.4 Å². The number of pyridine rings is 2. The summed E-state index contributed by atoms with van der Waals surface area (Å²) in [7, 11) is -2.43. The summed E-state index contributed by atoms with van der Waals surface area (Å²) < 4.78 is 103. The third-order valence-electron chi connectivity index (χ3n) is 5.27. The monoisotopic (exact) mass is 545 g/mol. The van der Waals surface area contributed by atoms with Crippen LogP contribution in [0.15, 0.2) is 46.6 Å². The van der Waals surface area contributed by atoms with E-state index in [9.17, 15) is 34.8 Å². The molecule has 0 saturated heterocycles. The highest BCUT2D eigenvalue weighted by Gasteiger charge is 2.32. The first-order chi connectivity index (χ1) is 17.2. The number of rotatable bonds is 6. The van der Waals surface area contributed by atoms with E-state index in [1.54, 1.807) is 0 Å². The van der Waals surface area contributed by atoms with Crippen LogP contribution in [-0.4, -0.2) is 52.7 Å². The van der Waals surface area contributed by atoms with Gasteiger partial charge in [-0.25, -0.2) is 23.4 Å². The molecule has 15 heteroatoms. The van der Waals surface area contributed by atoms with Crippen LogP contribution in [0.5, 0.6) is 0 Å². The maximum atomic E-state index is 13.1. The highest BCUT2D eigenvalue weighted by molar-refractivity contribution is 7.91. The summed E-state index contributed by atoms with van der Waals surface area (Å²) >= 11 is 0. The fourth-order valence-electron chi connectivity index (χ4n) is 3.46. The predicted octanol–water partition coefficient (Wildman–Crippen LogP) is 4.91. The SMILES string of the molecule is CCS(=O)(=O)c1cc2cc(C=NOCC(F)(F)F)ccc2nc1-c1nc2cc(C(F)(F)F)cnc2n1C. The van der Waals surface area contributed by atoms with Gasteiger partial charge in [-0.1, -0.05) is 18.1 Å². The van der Waals surface area contributed by atoms with Gasteiger partial charge < -0.3 is 9.40 Å². The molecular formula is C22H17F6N5O3S. The highest BCUT2D eigenvalue weighted by Crippen LogP contribution is 2.34. The minimum atomic E-state index is -4.64. The minimum absolute atomic E-state index is 0.0121. The first kappa shape index (κ1) is 26.3. The predicted molar refractivity (Wildman–Crippen MR) is 122 cm³/mol. The number of aryl methyl sites for hydroxylation is 1. The third kappa shape index (κ3) is 5.50. The second-order valence-corrected chi connectivity index (χ2v) is 10.1. The average Bonchev–Trinajstić information content (AvgIpc) is 3.15. The van der Waals surface area contributed by atoms with Crippen molar-refractivity contribution in [1.82, 2.24) is 19.5 Å². The van der Waals surface area contributed by atoms with E-state index >= 15 is 0 Å². The summed E-state index contributed by atoms with van der Waals surface area (Å²) in [6.07, 6.45) is -7.51. The van der Waals surface area contributed by atoms with Gasteiger partial charge in [0.05, 0.1) is 27.9 Å². The Labute approximate surface area is 205 Å². The Balaban J connectivity index is 1.84. The van der Waals surface area contributed by atoms with Crippen LogP contribution in [0.25, 0.3) is 33.6 Å². The number of oxime groups is 1. The minimum Gasteiger partial charge on any atom is -0.386 e. The quantitative estimate of drug-likeness (QED) is 0.194. The summed E-state index contributed by atoms with van der Waals surface area (Å²) in [5.74, 6) is -0.318. The van der Waals surface area contributed by atoms with Crippen LogP contribution in [0.4, 0.5) is 26.3 Å². The Morgan fingerprint density at radius 2 is 1.78 bits per heavy atom. The lowest BCUT2D eigenvalue weighted by molar-refractivity contribution is -0.173. The van der Waals surface area contributed by atoms with E-state index in [1.807, 2.05) is 0 Å². The van der Waals surface area contributed by atoms with Crippen LogP contribution >= 0.6 is 0 Å². The van der Waals surface area contributed by atoms with Gasteiger partial charge in [-0.05, 0) is 29.8 Å². The van der Waals surface area contributed by atoms with Gasteiger partial charge in [0.15, 0.2) is 21.3 Å². The number of fused-ring (bicyclic) bond motifs is 2. The van der Waals surface area contributed by atoms with Crippen LogP contribution in [0.3, 0.4) is 0 Å². The Kier molecular flexibility index (Phi) is 6.60. The van der Waals surface area contributed by atoms with Crippen molar-refractivity contribution in [3.05, 3.63) is 47.7 Å². The van der Waals surface area contributed by atoms with Crippen LogP contribution in [0, 0.1) is 0 Å². The second-order valence-electron chi connectivity index (χ2n) is 7.87. The number of hydrogen-bond acceptors (Lipinski definition) is 7. The molecule has 0 bridgehead atoms. The molecule has 0 unspecified atom stereocenters. The molecule has 4 aromatic rings. The van der Waals surface area contributed by atoms with Gasteiger partial charge in [0, 0.05) is 18.6 Å². The Bertz CT molecular complexity index is 1630. The zero-order valence-electron chi connectivity index (χ0n) is 19.1. The van der Waals surface area contributed by atoms with Gasteiger partial charge in [0.1, 0.15) is 11.2 Å². The van der Waals surface area contributed by atoms with Gasteiger partial charge in [0.25, 0.3) is 0 Å². The van der Waals surface area contributed by atoms with E-state index in [2.05, 4.69) is 24.9 Å². The zero-order valence-corrected chi connectivity index (χ0v) is 19.9. The van der Waals surface area contributed by atoms with E-state index < -0.39 is 34.4 Å². The molecule has 0 aliphatic rings. The fraction of sp³-hybridized carbons (Fsp3) is 0.273. The molecule has 0 radical (unpaired) electrons. The van der Waals surface area contributed by atoms with Crippen LogP contribution in [0.1, 0.15) is 18.1 Å². The average molecular weight is 545 g/mol. The van der Waals surface area contributed by atoms with Gasteiger partial charge in [-0.15, -0.1) is 0 Å². The summed E-state index contributed by atoms with van der Waals surface area (Å²) in [6.45, 7) is -0.158. The van der Waals surface area contributed by atoms with Crippen LogP contribution < -0.4 is 0 Å². The largest absolute Gasteiger partial charge is 0.425 e. The number of halogens is 6. The molecule has 8 nitrogen and oxygen atoms in total. The number of hydrogen-bond donors (Lipinski definition) is 0. The fourth-order valence-corrected chi connectivity index (χ4v) is 4.51. The zero-order chi connectivity index (χ0) is 27.2. The van der Waals surface area contributed by atoms with Crippen LogP contribution in [0.2, 0.25) is 0 Å². The molecule has 37 heavy (non-hydrogen) atoms.